The largest absolute Gasteiger partial charge is 0.390 e. The lowest BCUT2D eigenvalue weighted by Crippen LogP contribution is -2.69. The maximum absolute atomic E-state index is 12.2. The highest BCUT2D eigenvalue weighted by Crippen LogP contribution is 2.43. The molecule has 2 bridgehead atoms. The Bertz CT molecular complexity index is 416. The number of fused-ring (bicyclic) bond motifs is 6. The van der Waals surface area contributed by atoms with E-state index >= 15 is 0 Å². The smallest absolute Gasteiger partial charge is 0.222 e. The van der Waals surface area contributed by atoms with Crippen molar-refractivity contribution in [3.05, 3.63) is 0 Å². The summed E-state index contributed by atoms with van der Waals surface area (Å²) in [6.45, 7) is 2.65. The third kappa shape index (κ3) is 1.83. The quantitative estimate of drug-likeness (QED) is 0.646. The summed E-state index contributed by atoms with van der Waals surface area (Å²) in [5, 5.41) is 20.3. The summed E-state index contributed by atoms with van der Waals surface area (Å²) in [5.74, 6) is 1.20. The van der Waals surface area contributed by atoms with Crippen LogP contribution in [0, 0.1) is 11.8 Å². The monoisotopic (exact) mass is 280 g/mol. The molecule has 112 valence electrons. The van der Waals surface area contributed by atoms with Crippen molar-refractivity contribution in [2.24, 2.45) is 11.8 Å². The normalized spacial score (nSPS) is 48.7. The number of rotatable bonds is 0. The lowest BCUT2D eigenvalue weighted by atomic mass is 9.70. The molecule has 4 heterocycles. The summed E-state index contributed by atoms with van der Waals surface area (Å²) in [5.41, 5.74) is 0. The fourth-order valence-electron chi connectivity index (χ4n) is 5.14. The molecule has 5 nitrogen and oxygen atoms in total. The van der Waals surface area contributed by atoms with Crippen LogP contribution in [0.15, 0.2) is 0 Å². The summed E-state index contributed by atoms with van der Waals surface area (Å²) in [6.07, 6.45) is 3.41. The minimum Gasteiger partial charge on any atom is -0.390 e. The first-order chi connectivity index (χ1) is 9.65. The number of carbonyl (C=O) groups is 1. The van der Waals surface area contributed by atoms with E-state index < -0.39 is 12.2 Å². The highest BCUT2D eigenvalue weighted by atomic mass is 16.3. The van der Waals surface area contributed by atoms with Crippen LogP contribution in [-0.2, 0) is 4.79 Å². The number of hydrogen-bond donors (Lipinski definition) is 2. The minimum absolute atomic E-state index is 0.0469. The van der Waals surface area contributed by atoms with Gasteiger partial charge in [0, 0.05) is 38.1 Å². The van der Waals surface area contributed by atoms with E-state index in [0.29, 0.717) is 36.6 Å². The van der Waals surface area contributed by atoms with E-state index in [0.717, 1.165) is 38.9 Å². The van der Waals surface area contributed by atoms with Crippen LogP contribution in [0.5, 0.6) is 0 Å². The maximum Gasteiger partial charge on any atom is 0.222 e. The van der Waals surface area contributed by atoms with Gasteiger partial charge in [-0.2, -0.15) is 0 Å². The fourth-order valence-corrected chi connectivity index (χ4v) is 5.14. The molecule has 0 aromatic carbocycles. The van der Waals surface area contributed by atoms with Gasteiger partial charge in [-0.05, 0) is 37.5 Å². The first-order valence-corrected chi connectivity index (χ1v) is 8.05. The van der Waals surface area contributed by atoms with E-state index in [1.54, 1.807) is 0 Å². The highest BCUT2D eigenvalue weighted by molar-refractivity contribution is 5.77. The van der Waals surface area contributed by atoms with E-state index in [-0.39, 0.29) is 6.04 Å². The van der Waals surface area contributed by atoms with Crippen LogP contribution in [0.1, 0.15) is 32.1 Å². The molecular formula is C15H24N2O3. The van der Waals surface area contributed by atoms with Crippen molar-refractivity contribution in [3.63, 3.8) is 0 Å². The van der Waals surface area contributed by atoms with Gasteiger partial charge >= 0.3 is 0 Å². The van der Waals surface area contributed by atoms with E-state index in [1.807, 2.05) is 0 Å². The Kier molecular flexibility index (Phi) is 3.05. The van der Waals surface area contributed by atoms with Crippen molar-refractivity contribution < 1.29 is 15.0 Å². The average Bonchev–Trinajstić information content (AvgIpc) is 2.44. The van der Waals surface area contributed by atoms with Gasteiger partial charge in [-0.25, -0.2) is 0 Å². The zero-order chi connectivity index (χ0) is 13.9. The number of hydrogen-bond acceptors (Lipinski definition) is 4. The van der Waals surface area contributed by atoms with Gasteiger partial charge < -0.3 is 15.1 Å². The van der Waals surface area contributed by atoms with Crippen molar-refractivity contribution in [1.29, 1.82) is 0 Å². The summed E-state index contributed by atoms with van der Waals surface area (Å²) in [6, 6.07) is 0.475. The molecule has 6 atom stereocenters. The molecule has 4 fully saturated rings. The lowest BCUT2D eigenvalue weighted by molar-refractivity contribution is -0.163. The van der Waals surface area contributed by atoms with Crippen molar-refractivity contribution in [1.82, 2.24) is 9.80 Å². The summed E-state index contributed by atoms with van der Waals surface area (Å²) >= 11 is 0. The Hall–Kier alpha value is -0.650. The third-order valence-electron chi connectivity index (χ3n) is 6.02. The first-order valence-electron chi connectivity index (χ1n) is 8.05. The van der Waals surface area contributed by atoms with Gasteiger partial charge in [0.2, 0.25) is 5.91 Å². The number of nitrogens with zero attached hydrogens (tertiary/aromatic N) is 2. The Morgan fingerprint density at radius 3 is 2.80 bits per heavy atom. The topological polar surface area (TPSA) is 64.0 Å². The average molecular weight is 280 g/mol. The molecule has 0 aromatic rings. The summed E-state index contributed by atoms with van der Waals surface area (Å²) in [4.78, 5) is 16.6. The second kappa shape index (κ2) is 4.68. The van der Waals surface area contributed by atoms with Gasteiger partial charge in [0.1, 0.15) is 0 Å². The van der Waals surface area contributed by atoms with Crippen LogP contribution in [0.4, 0.5) is 0 Å². The van der Waals surface area contributed by atoms with Crippen molar-refractivity contribution >= 4 is 5.91 Å². The standard InChI is InChI=1S/C15H24N2O3/c18-12-4-5-16-7-9-6-10(14(16)15(12)20)8-17-11(9)2-1-3-13(17)19/h9-12,14-15,18,20H,1-8H2. The molecule has 4 saturated heterocycles. The molecule has 0 saturated carbocycles. The van der Waals surface area contributed by atoms with Crippen molar-refractivity contribution in [2.75, 3.05) is 19.6 Å². The number of carbonyl (C=O) groups excluding carboxylic acids is 1. The molecule has 0 radical (unpaired) electrons. The SMILES string of the molecule is O=C1CCCC2C3CC(CN12)C1C(O)C(O)CCN1C3. The van der Waals surface area contributed by atoms with E-state index in [2.05, 4.69) is 9.80 Å². The van der Waals surface area contributed by atoms with Crippen molar-refractivity contribution in [2.45, 2.75) is 56.4 Å². The summed E-state index contributed by atoms with van der Waals surface area (Å²) < 4.78 is 0. The van der Waals surface area contributed by atoms with Crippen LogP contribution >= 0.6 is 0 Å². The molecule has 0 aromatic heterocycles. The van der Waals surface area contributed by atoms with Crippen LogP contribution in [0.2, 0.25) is 0 Å². The zero-order valence-corrected chi connectivity index (χ0v) is 11.8. The number of amides is 1. The van der Waals surface area contributed by atoms with Gasteiger partial charge in [-0.15, -0.1) is 0 Å². The van der Waals surface area contributed by atoms with Crippen LogP contribution in [0.3, 0.4) is 0 Å². The van der Waals surface area contributed by atoms with Gasteiger partial charge in [0.15, 0.2) is 0 Å². The van der Waals surface area contributed by atoms with E-state index in [4.69, 9.17) is 0 Å². The predicted molar refractivity (Wildman–Crippen MR) is 72.9 cm³/mol. The second-order valence-corrected chi connectivity index (χ2v) is 7.09. The molecule has 6 unspecified atom stereocenters. The molecule has 4 aliphatic heterocycles. The highest BCUT2D eigenvalue weighted by Gasteiger charge is 2.51. The van der Waals surface area contributed by atoms with Crippen LogP contribution < -0.4 is 0 Å². The number of piperidine rings is 4. The first kappa shape index (κ1) is 13.0. The molecular weight excluding hydrogens is 256 g/mol. The van der Waals surface area contributed by atoms with Gasteiger partial charge in [0.05, 0.1) is 12.2 Å². The minimum atomic E-state index is -0.647. The zero-order valence-electron chi connectivity index (χ0n) is 11.8. The fraction of sp³-hybridized carbons (Fsp3) is 0.933. The molecule has 5 heteroatoms. The molecule has 4 aliphatic rings. The maximum atomic E-state index is 12.2. The third-order valence-corrected chi connectivity index (χ3v) is 6.02. The Balaban J connectivity index is 1.61. The van der Waals surface area contributed by atoms with Crippen LogP contribution in [-0.4, -0.2) is 69.8 Å². The van der Waals surface area contributed by atoms with Crippen LogP contribution in [0.25, 0.3) is 0 Å². The number of aliphatic hydroxyl groups excluding tert-OH is 2. The second-order valence-electron chi connectivity index (χ2n) is 7.09. The molecule has 2 N–H and O–H groups in total. The molecule has 1 amide bonds. The van der Waals surface area contributed by atoms with Gasteiger partial charge in [-0.3, -0.25) is 9.69 Å². The lowest BCUT2D eigenvalue weighted by Gasteiger charge is -2.58. The van der Waals surface area contributed by atoms with Crippen molar-refractivity contribution in [3.8, 4) is 0 Å². The molecule has 20 heavy (non-hydrogen) atoms. The summed E-state index contributed by atoms with van der Waals surface area (Å²) in [7, 11) is 0. The van der Waals surface area contributed by atoms with E-state index in [1.165, 1.54) is 0 Å². The Morgan fingerprint density at radius 1 is 1.10 bits per heavy atom. The predicted octanol–water partition coefficient (Wildman–Crippen LogP) is -0.187. The Labute approximate surface area is 119 Å². The number of aliphatic hydroxyl groups is 2. The van der Waals surface area contributed by atoms with E-state index in [9.17, 15) is 15.0 Å². The molecule has 0 aliphatic carbocycles. The van der Waals surface area contributed by atoms with Gasteiger partial charge in [0.25, 0.3) is 0 Å². The van der Waals surface area contributed by atoms with Gasteiger partial charge in [-0.1, -0.05) is 0 Å². The molecule has 4 rings (SSSR count). The Morgan fingerprint density at radius 2 is 1.95 bits per heavy atom. The molecule has 0 spiro atoms.